The summed E-state index contributed by atoms with van der Waals surface area (Å²) in [4.78, 5) is 23.9. The molecule has 0 saturated heterocycles. The smallest absolute Gasteiger partial charge is 0.303 e. The van der Waals surface area contributed by atoms with Crippen LogP contribution < -0.4 is 0 Å². The number of hydrogen-bond donors (Lipinski definition) is 0. The van der Waals surface area contributed by atoms with E-state index in [1.165, 1.54) is 25.0 Å². The van der Waals surface area contributed by atoms with E-state index in [4.69, 9.17) is 13.9 Å². The Bertz CT molecular complexity index is 893. The van der Waals surface area contributed by atoms with E-state index in [0.717, 1.165) is 55.8 Å². The van der Waals surface area contributed by atoms with Gasteiger partial charge in [-0.1, -0.05) is 48.1 Å². The highest BCUT2D eigenvalue weighted by atomic mass is 28.4. The van der Waals surface area contributed by atoms with Gasteiger partial charge < -0.3 is 13.9 Å². The quantitative estimate of drug-likeness (QED) is 0.200. The molecule has 2 saturated carbocycles. The zero-order chi connectivity index (χ0) is 27.1. The Labute approximate surface area is 220 Å². The van der Waals surface area contributed by atoms with Crippen molar-refractivity contribution in [3.63, 3.8) is 0 Å². The number of esters is 2. The van der Waals surface area contributed by atoms with E-state index < -0.39 is 8.32 Å². The molecule has 3 aliphatic rings. The third kappa shape index (κ3) is 5.40. The maximum atomic E-state index is 12.1. The van der Waals surface area contributed by atoms with Gasteiger partial charge >= 0.3 is 11.9 Å². The standard InChI is InChI=1S/C30H50O5Si/c1-11-36(12-2,13-3)35-27-18-30(10)15-14-25(33-21(6)31)19(4)24(30)16-23-17-26(34-22(7)32)20(5)28(27)29(23,8)9/h23-27H,4,11-18H2,1-3,5-10H3/t23-,24-,25+,26+,27+,30+/m1/s1. The van der Waals surface area contributed by atoms with Gasteiger partial charge in [-0.25, -0.2) is 0 Å². The molecule has 2 fully saturated rings. The Balaban J connectivity index is 2.16. The molecule has 3 rings (SSSR count). The van der Waals surface area contributed by atoms with Crippen LogP contribution in [0.2, 0.25) is 18.1 Å². The van der Waals surface area contributed by atoms with Gasteiger partial charge in [0.05, 0.1) is 6.10 Å². The third-order valence-corrected chi connectivity index (χ3v) is 14.9. The lowest BCUT2D eigenvalue weighted by molar-refractivity contribution is -0.147. The van der Waals surface area contributed by atoms with Crippen LogP contribution in [0.25, 0.3) is 0 Å². The molecule has 0 amide bonds. The van der Waals surface area contributed by atoms with Crippen LogP contribution in [0.5, 0.6) is 0 Å². The summed E-state index contributed by atoms with van der Waals surface area (Å²) in [7, 11) is -1.92. The summed E-state index contributed by atoms with van der Waals surface area (Å²) in [5.41, 5.74) is 3.54. The summed E-state index contributed by atoms with van der Waals surface area (Å²) < 4.78 is 19.0. The van der Waals surface area contributed by atoms with Gasteiger partial charge in [-0.05, 0) is 96.5 Å². The number of fused-ring (bicyclic) bond motifs is 3. The second-order valence-electron chi connectivity index (χ2n) is 12.6. The molecule has 0 radical (unpaired) electrons. The van der Waals surface area contributed by atoms with Crippen molar-refractivity contribution in [2.24, 2.45) is 22.7 Å². The molecule has 204 valence electrons. The molecule has 2 bridgehead atoms. The van der Waals surface area contributed by atoms with E-state index in [1.54, 1.807) is 0 Å². The minimum Gasteiger partial charge on any atom is -0.458 e. The Kier molecular flexibility index (Phi) is 8.72. The third-order valence-electron chi connectivity index (χ3n) is 10.2. The van der Waals surface area contributed by atoms with Crippen molar-refractivity contribution in [3.05, 3.63) is 23.3 Å². The minimum atomic E-state index is -1.92. The molecule has 0 aromatic rings. The molecule has 36 heavy (non-hydrogen) atoms. The number of carbonyl (C=O) groups is 2. The second kappa shape index (κ2) is 10.8. The maximum Gasteiger partial charge on any atom is 0.303 e. The highest BCUT2D eigenvalue weighted by molar-refractivity contribution is 6.73. The fraction of sp³-hybridized carbons (Fsp3) is 0.800. The van der Waals surface area contributed by atoms with Crippen molar-refractivity contribution in [1.82, 2.24) is 0 Å². The number of hydrogen-bond acceptors (Lipinski definition) is 5. The summed E-state index contributed by atoms with van der Waals surface area (Å²) >= 11 is 0. The molecule has 6 atom stereocenters. The summed E-state index contributed by atoms with van der Waals surface area (Å²) in [6.45, 7) is 23.7. The molecule has 0 heterocycles. The first-order valence-corrected chi connectivity index (χ1v) is 16.7. The summed E-state index contributed by atoms with van der Waals surface area (Å²) in [6, 6.07) is 3.30. The SMILES string of the molecule is C=C1[C@@H](OC(C)=O)CC[C@@]2(C)C[C@H](O[Si](CC)(CC)CC)C3=C(C)[C@@H](OC(C)=O)C[C@@H](C[C@H]12)C3(C)C. The van der Waals surface area contributed by atoms with E-state index in [-0.39, 0.29) is 47.0 Å². The van der Waals surface area contributed by atoms with Crippen LogP contribution in [0.4, 0.5) is 0 Å². The Hall–Kier alpha value is -1.40. The van der Waals surface area contributed by atoms with Gasteiger partial charge in [0.1, 0.15) is 12.2 Å². The van der Waals surface area contributed by atoms with Crippen LogP contribution in [0.1, 0.15) is 94.4 Å². The van der Waals surface area contributed by atoms with Gasteiger partial charge in [-0.15, -0.1) is 0 Å². The lowest BCUT2D eigenvalue weighted by atomic mass is 9.51. The van der Waals surface area contributed by atoms with E-state index >= 15 is 0 Å². The van der Waals surface area contributed by atoms with E-state index in [0.29, 0.717) is 5.92 Å². The average molecular weight is 519 g/mol. The van der Waals surface area contributed by atoms with Crippen molar-refractivity contribution >= 4 is 20.3 Å². The second-order valence-corrected chi connectivity index (χ2v) is 17.3. The fourth-order valence-corrected chi connectivity index (χ4v) is 10.6. The lowest BCUT2D eigenvalue weighted by Gasteiger charge is -2.57. The number of carbonyl (C=O) groups excluding carboxylic acids is 2. The van der Waals surface area contributed by atoms with Crippen LogP contribution in [0, 0.1) is 22.7 Å². The van der Waals surface area contributed by atoms with Gasteiger partial charge in [0.25, 0.3) is 0 Å². The summed E-state index contributed by atoms with van der Waals surface area (Å²) in [6.07, 6.45) is 4.06. The van der Waals surface area contributed by atoms with E-state index in [1.807, 2.05) is 0 Å². The predicted molar refractivity (Wildman–Crippen MR) is 147 cm³/mol. The monoisotopic (exact) mass is 518 g/mol. The Morgan fingerprint density at radius 2 is 1.50 bits per heavy atom. The van der Waals surface area contributed by atoms with Crippen molar-refractivity contribution in [1.29, 1.82) is 0 Å². The lowest BCUT2D eigenvalue weighted by Crippen LogP contribution is -2.53. The van der Waals surface area contributed by atoms with E-state index in [2.05, 4.69) is 55.0 Å². The molecule has 0 aliphatic heterocycles. The normalized spacial score (nSPS) is 34.4. The van der Waals surface area contributed by atoms with Gasteiger partial charge in [-0.3, -0.25) is 9.59 Å². The van der Waals surface area contributed by atoms with Crippen LogP contribution in [0.15, 0.2) is 23.3 Å². The topological polar surface area (TPSA) is 61.8 Å². The molecule has 0 N–H and O–H groups in total. The number of ether oxygens (including phenoxy) is 2. The zero-order valence-electron chi connectivity index (χ0n) is 24.3. The molecule has 5 nitrogen and oxygen atoms in total. The molecule has 0 spiro atoms. The van der Waals surface area contributed by atoms with Crippen molar-refractivity contribution in [2.75, 3.05) is 0 Å². The Morgan fingerprint density at radius 3 is 2.03 bits per heavy atom. The average Bonchev–Trinajstić information content (AvgIpc) is 2.78. The predicted octanol–water partition coefficient (Wildman–Crippen LogP) is 7.37. The number of rotatable bonds is 7. The van der Waals surface area contributed by atoms with Gasteiger partial charge in [0, 0.05) is 13.8 Å². The van der Waals surface area contributed by atoms with Gasteiger partial charge in [0.2, 0.25) is 0 Å². The van der Waals surface area contributed by atoms with Crippen molar-refractivity contribution in [2.45, 2.75) is 131 Å². The largest absolute Gasteiger partial charge is 0.458 e. The minimum absolute atomic E-state index is 0.00162. The van der Waals surface area contributed by atoms with E-state index in [9.17, 15) is 9.59 Å². The summed E-state index contributed by atoms with van der Waals surface area (Å²) in [5, 5.41) is 0. The molecular weight excluding hydrogens is 468 g/mol. The first-order chi connectivity index (χ1) is 16.7. The van der Waals surface area contributed by atoms with Crippen molar-refractivity contribution < 1.29 is 23.5 Å². The Morgan fingerprint density at radius 1 is 0.944 bits per heavy atom. The molecule has 0 aromatic carbocycles. The molecular formula is C30H50O5Si. The molecule has 6 heteroatoms. The molecule has 0 aromatic heterocycles. The molecule has 0 unspecified atom stereocenters. The van der Waals surface area contributed by atoms with Crippen LogP contribution in [-0.4, -0.2) is 38.6 Å². The first kappa shape index (κ1) is 29.2. The van der Waals surface area contributed by atoms with Crippen molar-refractivity contribution in [3.8, 4) is 0 Å². The fourth-order valence-electron chi connectivity index (χ4n) is 7.75. The van der Waals surface area contributed by atoms with Gasteiger partial charge in [0.15, 0.2) is 8.32 Å². The maximum absolute atomic E-state index is 12.1. The molecule has 3 aliphatic carbocycles. The van der Waals surface area contributed by atoms with Crippen LogP contribution in [-0.2, 0) is 23.5 Å². The van der Waals surface area contributed by atoms with Crippen LogP contribution >= 0.6 is 0 Å². The zero-order valence-corrected chi connectivity index (χ0v) is 25.3. The van der Waals surface area contributed by atoms with Crippen LogP contribution in [0.3, 0.4) is 0 Å². The first-order valence-electron chi connectivity index (χ1n) is 14.2. The van der Waals surface area contributed by atoms with Gasteiger partial charge in [-0.2, -0.15) is 0 Å². The summed E-state index contributed by atoms with van der Waals surface area (Å²) in [5.74, 6) is 0.0676. The highest BCUT2D eigenvalue weighted by Crippen LogP contribution is 2.60. The highest BCUT2D eigenvalue weighted by Gasteiger charge is 2.55.